The van der Waals surface area contributed by atoms with E-state index in [0.29, 0.717) is 12.4 Å². The van der Waals surface area contributed by atoms with Gasteiger partial charge in [-0.05, 0) is 32.8 Å². The Morgan fingerprint density at radius 3 is 2.96 bits per heavy atom. The van der Waals surface area contributed by atoms with Gasteiger partial charge >= 0.3 is 5.97 Å². The fraction of sp³-hybridized carbons (Fsp3) is 0.375. The van der Waals surface area contributed by atoms with Gasteiger partial charge in [0.1, 0.15) is 6.33 Å². The number of methoxy groups -OCH3 is 1. The van der Waals surface area contributed by atoms with Crippen LogP contribution in [0.25, 0.3) is 17.2 Å². The van der Waals surface area contributed by atoms with Crippen LogP contribution in [0.2, 0.25) is 0 Å². The van der Waals surface area contributed by atoms with Crippen LogP contribution in [0.4, 0.5) is 0 Å². The monoisotopic (exact) mass is 345 g/mol. The molecule has 3 aromatic heterocycles. The van der Waals surface area contributed by atoms with E-state index in [0.717, 1.165) is 40.5 Å². The van der Waals surface area contributed by atoms with Gasteiger partial charge in [0.2, 0.25) is 5.95 Å². The van der Waals surface area contributed by atoms with Crippen LogP contribution in [0.1, 0.15) is 29.2 Å². The molecular weight excluding hydrogens is 326 g/mol. The molecule has 8 heteroatoms. The minimum atomic E-state index is -0.178. The van der Waals surface area contributed by atoms with E-state index in [1.54, 1.807) is 11.3 Å². The average Bonchev–Trinajstić information content (AvgIpc) is 3.28. The quantitative estimate of drug-likeness (QED) is 0.694. The molecule has 1 N–H and O–H groups in total. The lowest BCUT2D eigenvalue weighted by Gasteiger charge is -2.04. The van der Waals surface area contributed by atoms with Gasteiger partial charge in [0.15, 0.2) is 0 Å². The first-order valence-electron chi connectivity index (χ1n) is 7.66. The smallest absolute Gasteiger partial charge is 0.305 e. The zero-order valence-electron chi connectivity index (χ0n) is 13.9. The molecule has 24 heavy (non-hydrogen) atoms. The number of nitrogens with zero attached hydrogens (tertiary/aromatic N) is 4. The summed E-state index contributed by atoms with van der Waals surface area (Å²) in [5.41, 5.74) is 4.17. The SMILES string of the molecule is COC(=O)CCCc1nc(-c2cc(C)n(-c3ncn[nH]3)c2C)cs1. The molecule has 0 radical (unpaired) electrons. The second-order valence-corrected chi connectivity index (χ2v) is 6.43. The molecule has 3 heterocycles. The summed E-state index contributed by atoms with van der Waals surface area (Å²) >= 11 is 1.62. The molecule has 0 aliphatic heterocycles. The third-order valence-electron chi connectivity index (χ3n) is 3.87. The van der Waals surface area contributed by atoms with Gasteiger partial charge in [0.25, 0.3) is 0 Å². The topological polar surface area (TPSA) is 85.7 Å². The number of aromatic nitrogens is 5. The molecule has 0 aliphatic carbocycles. The molecule has 0 saturated heterocycles. The van der Waals surface area contributed by atoms with E-state index in [9.17, 15) is 4.79 Å². The molecule has 0 amide bonds. The van der Waals surface area contributed by atoms with E-state index in [4.69, 9.17) is 4.98 Å². The number of rotatable bonds is 6. The van der Waals surface area contributed by atoms with E-state index < -0.39 is 0 Å². The number of carbonyl (C=O) groups is 1. The predicted molar refractivity (Wildman–Crippen MR) is 91.2 cm³/mol. The molecule has 0 aromatic carbocycles. The highest BCUT2D eigenvalue weighted by molar-refractivity contribution is 7.09. The van der Waals surface area contributed by atoms with E-state index in [2.05, 4.69) is 31.4 Å². The van der Waals surface area contributed by atoms with E-state index in [-0.39, 0.29) is 5.97 Å². The van der Waals surface area contributed by atoms with Gasteiger partial charge in [-0.2, -0.15) is 10.1 Å². The maximum absolute atomic E-state index is 11.2. The Morgan fingerprint density at radius 2 is 2.25 bits per heavy atom. The molecule has 0 spiro atoms. The van der Waals surface area contributed by atoms with Crippen LogP contribution in [0.15, 0.2) is 17.8 Å². The Bertz CT molecular complexity index is 835. The Balaban J connectivity index is 1.78. The summed E-state index contributed by atoms with van der Waals surface area (Å²) < 4.78 is 6.68. The molecule has 0 fully saturated rings. The van der Waals surface area contributed by atoms with Crippen LogP contribution in [0, 0.1) is 13.8 Å². The first kappa shape index (κ1) is 16.4. The number of H-pyrrole nitrogens is 1. The second-order valence-electron chi connectivity index (χ2n) is 5.49. The van der Waals surface area contributed by atoms with Crippen molar-refractivity contribution in [1.82, 2.24) is 24.7 Å². The lowest BCUT2D eigenvalue weighted by Crippen LogP contribution is -2.01. The first-order valence-corrected chi connectivity index (χ1v) is 8.54. The van der Waals surface area contributed by atoms with Crippen LogP contribution in [0.5, 0.6) is 0 Å². The van der Waals surface area contributed by atoms with Crippen molar-refractivity contribution < 1.29 is 9.53 Å². The lowest BCUT2D eigenvalue weighted by atomic mass is 10.2. The van der Waals surface area contributed by atoms with E-state index in [1.165, 1.54) is 13.4 Å². The highest BCUT2D eigenvalue weighted by atomic mass is 32.1. The van der Waals surface area contributed by atoms with Gasteiger partial charge in [-0.25, -0.2) is 10.1 Å². The number of ether oxygens (including phenoxy) is 1. The standard InChI is InChI=1S/C16H19N5O2S/c1-10-7-12(11(2)21(10)16-17-9-18-20-16)13-8-24-14(19-13)5-4-6-15(22)23-3/h7-9H,4-6H2,1-3H3,(H,17,18,20). The number of carbonyl (C=O) groups excluding carboxylic acids is 1. The third kappa shape index (κ3) is 3.23. The van der Waals surface area contributed by atoms with Crippen LogP contribution in [-0.2, 0) is 16.0 Å². The van der Waals surface area contributed by atoms with E-state index in [1.807, 2.05) is 18.4 Å². The largest absolute Gasteiger partial charge is 0.469 e. The molecule has 126 valence electrons. The van der Waals surface area contributed by atoms with Crippen molar-refractivity contribution in [1.29, 1.82) is 0 Å². The molecule has 0 atom stereocenters. The summed E-state index contributed by atoms with van der Waals surface area (Å²) in [6.45, 7) is 4.07. The van der Waals surface area contributed by atoms with Gasteiger partial charge in [-0.15, -0.1) is 11.3 Å². The normalized spacial score (nSPS) is 11.0. The number of hydrogen-bond acceptors (Lipinski definition) is 6. The molecular formula is C16H19N5O2S. The van der Waals surface area contributed by atoms with Crippen LogP contribution >= 0.6 is 11.3 Å². The Morgan fingerprint density at radius 1 is 1.42 bits per heavy atom. The molecule has 0 bridgehead atoms. The van der Waals surface area contributed by atoms with Crippen LogP contribution < -0.4 is 0 Å². The van der Waals surface area contributed by atoms with Crippen molar-refractivity contribution >= 4 is 17.3 Å². The summed E-state index contributed by atoms with van der Waals surface area (Å²) in [4.78, 5) is 20.1. The minimum Gasteiger partial charge on any atom is -0.469 e. The van der Waals surface area contributed by atoms with Crippen LogP contribution in [0.3, 0.4) is 0 Å². The molecule has 7 nitrogen and oxygen atoms in total. The molecule has 0 saturated carbocycles. The van der Waals surface area contributed by atoms with Crippen molar-refractivity contribution in [2.24, 2.45) is 0 Å². The zero-order valence-corrected chi connectivity index (χ0v) is 14.7. The second kappa shape index (κ2) is 6.96. The first-order chi connectivity index (χ1) is 11.6. The van der Waals surface area contributed by atoms with Crippen molar-refractivity contribution in [3.8, 4) is 17.2 Å². The van der Waals surface area contributed by atoms with Gasteiger partial charge in [0.05, 0.1) is 17.8 Å². The van der Waals surface area contributed by atoms with Gasteiger partial charge in [0, 0.05) is 28.8 Å². The Hall–Kier alpha value is -2.48. The summed E-state index contributed by atoms with van der Waals surface area (Å²) in [5, 5.41) is 9.88. The summed E-state index contributed by atoms with van der Waals surface area (Å²) in [7, 11) is 1.41. The maximum atomic E-state index is 11.2. The number of thiazole rings is 1. The average molecular weight is 345 g/mol. The number of nitrogens with one attached hydrogen (secondary N) is 1. The van der Waals surface area contributed by atoms with Gasteiger partial charge in [-0.3, -0.25) is 9.36 Å². The number of esters is 1. The Kier molecular flexibility index (Phi) is 4.75. The number of hydrogen-bond donors (Lipinski definition) is 1. The maximum Gasteiger partial charge on any atom is 0.305 e. The molecule has 3 aromatic rings. The molecule has 3 rings (SSSR count). The highest BCUT2D eigenvalue weighted by Gasteiger charge is 2.16. The van der Waals surface area contributed by atoms with Crippen LogP contribution in [-0.4, -0.2) is 37.8 Å². The van der Waals surface area contributed by atoms with Crippen molar-refractivity contribution in [3.05, 3.63) is 34.2 Å². The molecule has 0 unspecified atom stereocenters. The van der Waals surface area contributed by atoms with Gasteiger partial charge in [-0.1, -0.05) is 0 Å². The van der Waals surface area contributed by atoms with Crippen molar-refractivity contribution in [2.75, 3.05) is 7.11 Å². The summed E-state index contributed by atoms with van der Waals surface area (Å²) in [5.74, 6) is 0.521. The van der Waals surface area contributed by atoms with Gasteiger partial charge < -0.3 is 4.74 Å². The number of aryl methyl sites for hydroxylation is 2. The zero-order chi connectivity index (χ0) is 17.1. The fourth-order valence-corrected chi connectivity index (χ4v) is 3.53. The minimum absolute atomic E-state index is 0.178. The fourth-order valence-electron chi connectivity index (χ4n) is 2.69. The predicted octanol–water partition coefficient (Wildman–Crippen LogP) is 2.83. The van der Waals surface area contributed by atoms with E-state index >= 15 is 0 Å². The summed E-state index contributed by atoms with van der Waals surface area (Å²) in [6, 6.07) is 2.10. The summed E-state index contributed by atoms with van der Waals surface area (Å²) in [6.07, 6.45) is 3.44. The van der Waals surface area contributed by atoms with Crippen molar-refractivity contribution in [2.45, 2.75) is 33.1 Å². The van der Waals surface area contributed by atoms with Crippen molar-refractivity contribution in [3.63, 3.8) is 0 Å². The third-order valence-corrected chi connectivity index (χ3v) is 4.78. The molecule has 0 aliphatic rings. The number of aromatic amines is 1. The highest BCUT2D eigenvalue weighted by Crippen LogP contribution is 2.29. The lowest BCUT2D eigenvalue weighted by molar-refractivity contribution is -0.140. The Labute approximate surface area is 143 Å².